The number of hydrogen-bond donors (Lipinski definition) is 2. The van der Waals surface area contributed by atoms with Gasteiger partial charge in [0.15, 0.2) is 0 Å². The van der Waals surface area contributed by atoms with E-state index in [1.807, 2.05) is 0 Å². The fourth-order valence-electron chi connectivity index (χ4n) is 1.09. The normalized spacial score (nSPS) is 10.1. The summed E-state index contributed by atoms with van der Waals surface area (Å²) < 4.78 is 28.5. The summed E-state index contributed by atoms with van der Waals surface area (Å²) in [6.07, 6.45) is -2.56. The molecule has 0 fully saturated rings. The van der Waals surface area contributed by atoms with E-state index < -0.39 is 18.9 Å². The monoisotopic (exact) mass is 261 g/mol. The molecule has 1 heterocycles. The van der Waals surface area contributed by atoms with Crippen molar-refractivity contribution >= 4 is 28.0 Å². The summed E-state index contributed by atoms with van der Waals surface area (Å²) >= 11 is 0.819. The number of ether oxygens (including phenoxy) is 1. The zero-order valence-corrected chi connectivity index (χ0v) is 9.61. The molecule has 0 aliphatic rings. The molecule has 8 heteroatoms. The molecule has 0 bridgehead atoms. The van der Waals surface area contributed by atoms with E-state index in [-0.39, 0.29) is 21.1 Å². The number of hydrogen-bond acceptors (Lipinski definition) is 6. The van der Waals surface area contributed by atoms with Gasteiger partial charge >= 0.3 is 5.97 Å². The van der Waals surface area contributed by atoms with Crippen LogP contribution in [0.25, 0.3) is 0 Å². The molecular formula is C9H9F2N3O2S. The highest BCUT2D eigenvalue weighted by Crippen LogP contribution is 2.35. The first-order valence-corrected chi connectivity index (χ1v) is 5.25. The molecule has 0 saturated heterocycles. The van der Waals surface area contributed by atoms with E-state index in [1.165, 1.54) is 7.11 Å². The van der Waals surface area contributed by atoms with Gasteiger partial charge in [0.2, 0.25) is 0 Å². The molecule has 1 aromatic rings. The molecule has 0 radical (unpaired) electrons. The van der Waals surface area contributed by atoms with E-state index >= 15 is 0 Å². The molecule has 92 valence electrons. The summed E-state index contributed by atoms with van der Waals surface area (Å²) in [5.74, 6) is -0.700. The van der Waals surface area contributed by atoms with Crippen molar-refractivity contribution in [1.29, 1.82) is 5.26 Å². The van der Waals surface area contributed by atoms with Crippen LogP contribution in [0.4, 0.5) is 19.5 Å². The van der Waals surface area contributed by atoms with E-state index in [2.05, 4.69) is 10.1 Å². The average molecular weight is 261 g/mol. The predicted octanol–water partition coefficient (Wildman–Crippen LogP) is 1.67. The van der Waals surface area contributed by atoms with E-state index in [4.69, 9.17) is 11.0 Å². The number of methoxy groups -OCH3 is 1. The third-order valence-electron chi connectivity index (χ3n) is 1.84. The highest BCUT2D eigenvalue weighted by Gasteiger charge is 2.21. The maximum Gasteiger partial charge on any atom is 0.350 e. The number of nitriles is 1. The lowest BCUT2D eigenvalue weighted by Gasteiger charge is -2.01. The van der Waals surface area contributed by atoms with Crippen molar-refractivity contribution in [1.82, 2.24) is 0 Å². The topological polar surface area (TPSA) is 88.1 Å². The summed E-state index contributed by atoms with van der Waals surface area (Å²) in [5, 5.41) is 11.3. The molecule has 1 rings (SSSR count). The number of nitrogens with one attached hydrogen (secondary N) is 1. The van der Waals surface area contributed by atoms with Crippen molar-refractivity contribution in [3.05, 3.63) is 10.4 Å². The van der Waals surface area contributed by atoms with Crippen LogP contribution in [0.2, 0.25) is 0 Å². The largest absolute Gasteiger partial charge is 0.465 e. The Balaban J connectivity index is 3.06. The molecule has 1 aromatic heterocycles. The molecule has 0 aliphatic heterocycles. The van der Waals surface area contributed by atoms with Crippen LogP contribution in [0.5, 0.6) is 0 Å². The molecule has 5 nitrogen and oxygen atoms in total. The summed E-state index contributed by atoms with van der Waals surface area (Å²) in [6, 6.07) is 1.76. The fourth-order valence-corrected chi connectivity index (χ4v) is 2.09. The summed E-state index contributed by atoms with van der Waals surface area (Å²) in [7, 11) is 1.17. The van der Waals surface area contributed by atoms with Crippen molar-refractivity contribution < 1.29 is 18.3 Å². The fraction of sp³-hybridized carbons (Fsp3) is 0.333. The van der Waals surface area contributed by atoms with Gasteiger partial charge in [-0.3, -0.25) is 0 Å². The molecule has 0 amide bonds. The molecule has 0 saturated carbocycles. The van der Waals surface area contributed by atoms with Crippen molar-refractivity contribution in [3.63, 3.8) is 0 Å². The Hall–Kier alpha value is -1.88. The van der Waals surface area contributed by atoms with Gasteiger partial charge in [0.1, 0.15) is 21.5 Å². The molecule has 0 atom stereocenters. The van der Waals surface area contributed by atoms with Gasteiger partial charge in [-0.2, -0.15) is 5.26 Å². The van der Waals surface area contributed by atoms with Crippen LogP contribution in [0.1, 0.15) is 15.2 Å². The van der Waals surface area contributed by atoms with Gasteiger partial charge in [0.25, 0.3) is 6.43 Å². The van der Waals surface area contributed by atoms with Gasteiger partial charge in [-0.15, -0.1) is 11.3 Å². The Morgan fingerprint density at radius 3 is 2.82 bits per heavy atom. The minimum Gasteiger partial charge on any atom is -0.465 e. The number of carbonyl (C=O) groups is 1. The third kappa shape index (κ3) is 2.82. The smallest absolute Gasteiger partial charge is 0.350 e. The summed E-state index contributed by atoms with van der Waals surface area (Å²) in [4.78, 5) is 11.3. The molecule has 3 N–H and O–H groups in total. The average Bonchev–Trinajstić information content (AvgIpc) is 2.62. The quantitative estimate of drug-likeness (QED) is 0.805. The number of thiophene rings is 1. The van der Waals surface area contributed by atoms with Crippen molar-refractivity contribution in [3.8, 4) is 6.07 Å². The maximum atomic E-state index is 12.0. The minimum atomic E-state index is -2.56. The Labute approximate surface area is 99.8 Å². The second-order valence-corrected chi connectivity index (χ2v) is 3.94. The zero-order chi connectivity index (χ0) is 13.0. The Morgan fingerprint density at radius 2 is 2.35 bits per heavy atom. The van der Waals surface area contributed by atoms with Gasteiger partial charge in [-0.05, 0) is 0 Å². The van der Waals surface area contributed by atoms with E-state index in [0.29, 0.717) is 0 Å². The van der Waals surface area contributed by atoms with Gasteiger partial charge in [-0.25, -0.2) is 13.6 Å². The zero-order valence-electron chi connectivity index (χ0n) is 8.79. The van der Waals surface area contributed by atoms with Crippen molar-refractivity contribution in [2.24, 2.45) is 0 Å². The van der Waals surface area contributed by atoms with E-state index in [0.717, 1.165) is 11.3 Å². The number of alkyl halides is 2. The lowest BCUT2D eigenvalue weighted by atomic mass is 10.2. The van der Waals surface area contributed by atoms with Crippen LogP contribution in [0.3, 0.4) is 0 Å². The second-order valence-electron chi connectivity index (χ2n) is 2.92. The lowest BCUT2D eigenvalue weighted by Crippen LogP contribution is -2.09. The van der Waals surface area contributed by atoms with Gasteiger partial charge in [-0.1, -0.05) is 0 Å². The molecule has 0 aliphatic carbocycles. The lowest BCUT2D eigenvalue weighted by molar-refractivity contribution is 0.0607. The standard InChI is InChI=1S/C9H9F2N3O2S/c1-16-9(15)7-6(13)4(2-12)8(17-7)14-3-5(10)11/h5,14H,3,13H2,1H3. The number of anilines is 2. The Kier molecular flexibility index (Phi) is 4.23. The van der Waals surface area contributed by atoms with Gasteiger partial charge in [0.05, 0.1) is 19.3 Å². The molecular weight excluding hydrogens is 252 g/mol. The maximum absolute atomic E-state index is 12.0. The van der Waals surface area contributed by atoms with Crippen LogP contribution in [0, 0.1) is 11.3 Å². The predicted molar refractivity (Wildman–Crippen MR) is 59.3 cm³/mol. The van der Waals surface area contributed by atoms with Gasteiger partial charge in [0, 0.05) is 0 Å². The Bertz CT molecular complexity index is 468. The number of esters is 1. The number of rotatable bonds is 4. The number of halogens is 2. The SMILES string of the molecule is COC(=O)c1sc(NCC(F)F)c(C#N)c1N. The first-order valence-electron chi connectivity index (χ1n) is 4.44. The van der Waals surface area contributed by atoms with Gasteiger partial charge < -0.3 is 15.8 Å². The number of carbonyl (C=O) groups excluding carboxylic acids is 1. The highest BCUT2D eigenvalue weighted by molar-refractivity contribution is 7.18. The van der Waals surface area contributed by atoms with E-state index in [1.54, 1.807) is 6.07 Å². The summed E-state index contributed by atoms with van der Waals surface area (Å²) in [5.41, 5.74) is 5.49. The molecule has 0 spiro atoms. The van der Waals surface area contributed by atoms with E-state index in [9.17, 15) is 13.6 Å². The first-order chi connectivity index (χ1) is 8.01. The number of nitrogens with two attached hydrogens (primary N) is 1. The minimum absolute atomic E-state index is 0.0175. The number of nitrogens with zero attached hydrogens (tertiary/aromatic N) is 1. The summed E-state index contributed by atoms with van der Waals surface area (Å²) in [6.45, 7) is -0.616. The number of nitrogen functional groups attached to an aromatic ring is 1. The Morgan fingerprint density at radius 1 is 1.71 bits per heavy atom. The van der Waals surface area contributed by atoms with Crippen LogP contribution in [-0.2, 0) is 4.74 Å². The second kappa shape index (κ2) is 5.45. The van der Waals surface area contributed by atoms with Crippen LogP contribution >= 0.6 is 11.3 Å². The van der Waals surface area contributed by atoms with Crippen LogP contribution < -0.4 is 11.1 Å². The van der Waals surface area contributed by atoms with Crippen molar-refractivity contribution in [2.75, 3.05) is 24.7 Å². The van der Waals surface area contributed by atoms with Crippen molar-refractivity contribution in [2.45, 2.75) is 6.43 Å². The first kappa shape index (κ1) is 13.2. The molecule has 0 aromatic carbocycles. The van der Waals surface area contributed by atoms with Crippen LogP contribution in [-0.4, -0.2) is 26.0 Å². The van der Waals surface area contributed by atoms with Crippen LogP contribution in [0.15, 0.2) is 0 Å². The highest BCUT2D eigenvalue weighted by atomic mass is 32.1. The molecule has 17 heavy (non-hydrogen) atoms. The third-order valence-corrected chi connectivity index (χ3v) is 2.99. The molecule has 0 unspecified atom stereocenters.